The molecule has 4 unspecified atom stereocenters. The third-order valence-electron chi connectivity index (χ3n) is 6.99. The summed E-state index contributed by atoms with van der Waals surface area (Å²) in [4.78, 5) is 39.7. The van der Waals surface area contributed by atoms with Crippen LogP contribution in [-0.4, -0.2) is 112 Å². The van der Waals surface area contributed by atoms with Crippen molar-refractivity contribution >= 4 is 61.0 Å². The molecular weight excluding hydrogens is 476 g/mol. The van der Waals surface area contributed by atoms with Gasteiger partial charge in [0.2, 0.25) is 5.78 Å². The van der Waals surface area contributed by atoms with Gasteiger partial charge in [-0.2, -0.15) is 0 Å². The Bertz CT molecular complexity index is 1190. The molecule has 1 aromatic carbocycles. The van der Waals surface area contributed by atoms with Gasteiger partial charge in [0.25, 0.3) is 5.91 Å². The molecule has 0 heterocycles. The van der Waals surface area contributed by atoms with E-state index in [1.54, 1.807) is 0 Å². The van der Waals surface area contributed by atoms with Crippen molar-refractivity contribution in [1.82, 2.24) is 4.90 Å². The number of amides is 1. The molecule has 0 saturated heterocycles. The summed E-state index contributed by atoms with van der Waals surface area (Å²) < 4.78 is 0. The number of aliphatic hydroxyl groups excluding tert-OH is 2. The summed E-state index contributed by atoms with van der Waals surface area (Å²) in [5.41, 5.74) is -2.61. The maximum absolute atomic E-state index is 13.8. The van der Waals surface area contributed by atoms with Crippen LogP contribution in [0, 0.1) is 11.8 Å². The molecule has 1 fully saturated rings. The van der Waals surface area contributed by atoms with Crippen molar-refractivity contribution in [3.05, 3.63) is 46.2 Å². The first kappa shape index (κ1) is 26.6. The van der Waals surface area contributed by atoms with E-state index in [1.165, 1.54) is 31.1 Å². The molecule has 12 heteroatoms. The van der Waals surface area contributed by atoms with E-state index in [0.29, 0.717) is 0 Å². The van der Waals surface area contributed by atoms with E-state index in [1.807, 2.05) is 0 Å². The third-order valence-corrected chi connectivity index (χ3v) is 6.99. The Labute approximate surface area is 223 Å². The topological polar surface area (TPSA) is 208 Å². The SMILES string of the molecule is CN(C)C1C(=O)C(C(N)=O)=C(O)[C@@]2(O)C(=O)C3=C(O)c4c(O)cccc4[C@@](C)([O-])C3C([O-])C12.[Ca+2]. The van der Waals surface area contributed by atoms with Crippen molar-refractivity contribution in [2.45, 2.75) is 30.3 Å². The molecule has 34 heavy (non-hydrogen) atoms. The summed E-state index contributed by atoms with van der Waals surface area (Å²) in [7, 11) is 2.71. The maximum Gasteiger partial charge on any atom is 2.00 e. The number of carbonyl (C=O) groups excluding carboxylic acids is 3. The van der Waals surface area contributed by atoms with Crippen LogP contribution in [0.15, 0.2) is 35.1 Å². The van der Waals surface area contributed by atoms with Gasteiger partial charge < -0.3 is 36.4 Å². The Morgan fingerprint density at radius 3 is 2.29 bits per heavy atom. The number of phenolic OH excluding ortho intramolecular Hbond substituents is 1. The summed E-state index contributed by atoms with van der Waals surface area (Å²) in [5, 5.41) is 70.9. The molecule has 4 rings (SSSR count). The Morgan fingerprint density at radius 1 is 1.18 bits per heavy atom. The minimum absolute atomic E-state index is 0. The summed E-state index contributed by atoms with van der Waals surface area (Å²) in [6.07, 6.45) is -2.18. The van der Waals surface area contributed by atoms with E-state index in [-0.39, 0.29) is 48.9 Å². The van der Waals surface area contributed by atoms with Crippen LogP contribution in [0.5, 0.6) is 5.75 Å². The minimum atomic E-state index is -3.11. The number of primary amides is 1. The number of nitrogens with two attached hydrogens (primary N) is 1. The summed E-state index contributed by atoms with van der Waals surface area (Å²) in [6.45, 7) is 1.10. The molecule has 0 spiro atoms. The minimum Gasteiger partial charge on any atom is -0.851 e. The summed E-state index contributed by atoms with van der Waals surface area (Å²) in [5.74, 6) is -10.4. The molecule has 0 aliphatic heterocycles. The van der Waals surface area contributed by atoms with Crippen LogP contribution >= 0.6 is 0 Å². The van der Waals surface area contributed by atoms with Gasteiger partial charge in [-0.3, -0.25) is 19.3 Å². The van der Waals surface area contributed by atoms with Gasteiger partial charge in [-0.25, -0.2) is 0 Å². The number of hydrogen-bond acceptors (Lipinski definition) is 10. The molecule has 0 radical (unpaired) electrons. The molecule has 1 amide bonds. The molecule has 0 bridgehead atoms. The number of Topliss-reactive ketones (excluding diaryl/α,β-unsaturated/α-hetero) is 2. The van der Waals surface area contributed by atoms with Crippen molar-refractivity contribution in [2.75, 3.05) is 14.1 Å². The van der Waals surface area contributed by atoms with Gasteiger partial charge in [-0.15, -0.1) is 6.10 Å². The number of nitrogens with zero attached hydrogens (tertiary/aromatic N) is 1. The fourth-order valence-corrected chi connectivity index (χ4v) is 5.54. The smallest absolute Gasteiger partial charge is 0.851 e. The Morgan fingerprint density at radius 2 is 1.76 bits per heavy atom. The van der Waals surface area contributed by atoms with E-state index in [0.717, 1.165) is 13.0 Å². The van der Waals surface area contributed by atoms with E-state index in [9.17, 15) is 45.0 Å². The number of likely N-dealkylation sites (N-methyl/N-ethyl adjacent to an activating group) is 1. The number of benzene rings is 1. The first-order valence-electron chi connectivity index (χ1n) is 10.0. The fourth-order valence-electron chi connectivity index (χ4n) is 5.54. The van der Waals surface area contributed by atoms with Gasteiger partial charge in [0, 0.05) is 11.5 Å². The fraction of sp³-hybridized carbons (Fsp3) is 0.409. The quantitative estimate of drug-likeness (QED) is 0.206. The van der Waals surface area contributed by atoms with Crippen LogP contribution in [-0.2, 0) is 20.0 Å². The van der Waals surface area contributed by atoms with E-state index < -0.39 is 81.1 Å². The van der Waals surface area contributed by atoms with Crippen LogP contribution in [0.2, 0.25) is 0 Å². The predicted octanol–water partition coefficient (Wildman–Crippen LogP) is -3.04. The van der Waals surface area contributed by atoms with Gasteiger partial charge >= 0.3 is 37.7 Å². The first-order valence-corrected chi connectivity index (χ1v) is 10.0. The second kappa shape index (κ2) is 8.30. The molecule has 1 saturated carbocycles. The predicted molar refractivity (Wildman–Crippen MR) is 113 cm³/mol. The normalized spacial score (nSPS) is 34.9. The molecular formula is C22H22CaN2O9. The average Bonchev–Trinajstić information content (AvgIpc) is 2.70. The number of ketones is 2. The van der Waals surface area contributed by atoms with Crippen molar-refractivity contribution in [3.63, 3.8) is 0 Å². The zero-order chi connectivity index (χ0) is 24.8. The number of aromatic hydroxyl groups is 1. The van der Waals surface area contributed by atoms with Crippen LogP contribution in [0.4, 0.5) is 0 Å². The van der Waals surface area contributed by atoms with Crippen LogP contribution in [0.1, 0.15) is 18.1 Å². The van der Waals surface area contributed by atoms with Gasteiger partial charge in [-0.1, -0.05) is 24.7 Å². The molecule has 3 aliphatic rings. The second-order valence-corrected chi connectivity index (χ2v) is 8.99. The number of fused-ring (bicyclic) bond motifs is 3. The van der Waals surface area contributed by atoms with E-state index in [2.05, 4.69) is 0 Å². The molecule has 11 nitrogen and oxygen atoms in total. The number of carbonyl (C=O) groups is 3. The number of aliphatic hydroxyl groups is 3. The number of hydrogen-bond donors (Lipinski definition) is 5. The van der Waals surface area contributed by atoms with Crippen molar-refractivity contribution < 1.29 is 45.0 Å². The monoisotopic (exact) mass is 498 g/mol. The van der Waals surface area contributed by atoms with Gasteiger partial charge in [-0.05, 0) is 31.6 Å². The van der Waals surface area contributed by atoms with Crippen LogP contribution in [0.3, 0.4) is 0 Å². The zero-order valence-corrected chi connectivity index (χ0v) is 20.8. The first-order chi connectivity index (χ1) is 15.2. The van der Waals surface area contributed by atoms with Crippen LogP contribution in [0.25, 0.3) is 5.76 Å². The molecule has 176 valence electrons. The number of rotatable bonds is 2. The molecule has 3 aliphatic carbocycles. The number of phenols is 1. The molecule has 6 atom stereocenters. The Hall–Kier alpha value is -1.99. The maximum atomic E-state index is 13.8. The van der Waals surface area contributed by atoms with Crippen molar-refractivity contribution in [3.8, 4) is 5.75 Å². The van der Waals surface area contributed by atoms with Crippen molar-refractivity contribution in [1.29, 1.82) is 0 Å². The Kier molecular flexibility index (Phi) is 6.50. The summed E-state index contributed by atoms with van der Waals surface area (Å²) >= 11 is 0. The van der Waals surface area contributed by atoms with E-state index in [4.69, 9.17) is 5.73 Å². The molecule has 1 aromatic rings. The van der Waals surface area contributed by atoms with Gasteiger partial charge in [0.1, 0.15) is 22.8 Å². The largest absolute Gasteiger partial charge is 2.00 e. The van der Waals surface area contributed by atoms with Gasteiger partial charge in [0.15, 0.2) is 11.4 Å². The summed E-state index contributed by atoms with van der Waals surface area (Å²) in [6, 6.07) is 2.22. The van der Waals surface area contributed by atoms with Gasteiger partial charge in [0.05, 0.1) is 11.6 Å². The standard InChI is InChI=1S/C22H22N2O9.Ca/c1-21(32)7-5-4-6-8(25)9(7)15(26)10-12(21)17(28)13-14(24(2)3)16(27)11(20(23)31)19(30)22(13,33)18(10)29;/h4-6,12-14,17,25-26,30,33H,1-3H3,(H2,23,31);/q-2;+2/t12?,13?,14?,17?,21-,22+;/m1./s1. The van der Waals surface area contributed by atoms with Crippen molar-refractivity contribution in [2.24, 2.45) is 17.6 Å². The van der Waals surface area contributed by atoms with E-state index >= 15 is 0 Å². The zero-order valence-electron chi connectivity index (χ0n) is 18.6. The molecule has 6 N–H and O–H groups in total. The second-order valence-electron chi connectivity index (χ2n) is 8.99. The average molecular weight is 499 g/mol. The molecule has 0 aromatic heterocycles. The Balaban J connectivity index is 0.00000324. The third kappa shape index (κ3) is 3.12. The van der Waals surface area contributed by atoms with Crippen LogP contribution < -0.4 is 15.9 Å².